The van der Waals surface area contributed by atoms with Crippen LogP contribution in [0.5, 0.6) is 0 Å². The molecule has 110 valence electrons. The molecule has 0 radical (unpaired) electrons. The number of carboxylic acids is 1. The van der Waals surface area contributed by atoms with E-state index in [1.54, 1.807) is 12.4 Å². The number of rotatable bonds is 6. The monoisotopic (exact) mass is 304 g/mol. The van der Waals surface area contributed by atoms with E-state index in [-0.39, 0.29) is 11.8 Å². The lowest BCUT2D eigenvalue weighted by Crippen LogP contribution is -2.12. The maximum atomic E-state index is 10.8. The molecule has 1 aliphatic carbocycles. The van der Waals surface area contributed by atoms with E-state index in [0.29, 0.717) is 11.1 Å². The van der Waals surface area contributed by atoms with Gasteiger partial charge in [0.2, 0.25) is 0 Å². The number of thioether (sulfide) groups is 1. The molecular formula is C14H16N4O2S. The number of hydrogen-bond acceptors (Lipinski definition) is 5. The average Bonchev–Trinajstić information content (AvgIpc) is 3.25. The van der Waals surface area contributed by atoms with Gasteiger partial charge in [0.05, 0.1) is 11.8 Å². The maximum absolute atomic E-state index is 10.8. The van der Waals surface area contributed by atoms with Gasteiger partial charge in [-0.25, -0.2) is 0 Å². The Morgan fingerprint density at radius 3 is 2.76 bits per heavy atom. The van der Waals surface area contributed by atoms with Crippen LogP contribution in [0.4, 0.5) is 0 Å². The van der Waals surface area contributed by atoms with Crippen LogP contribution in [-0.2, 0) is 4.79 Å². The van der Waals surface area contributed by atoms with Gasteiger partial charge >= 0.3 is 5.97 Å². The van der Waals surface area contributed by atoms with Crippen molar-refractivity contribution >= 4 is 17.7 Å². The highest BCUT2D eigenvalue weighted by atomic mass is 32.2. The van der Waals surface area contributed by atoms with Crippen molar-refractivity contribution in [3.63, 3.8) is 0 Å². The van der Waals surface area contributed by atoms with E-state index in [2.05, 4.69) is 26.7 Å². The summed E-state index contributed by atoms with van der Waals surface area (Å²) >= 11 is 1.22. The summed E-state index contributed by atoms with van der Waals surface area (Å²) < 4.78 is 2.07. The van der Waals surface area contributed by atoms with E-state index in [9.17, 15) is 4.79 Å². The van der Waals surface area contributed by atoms with Crippen molar-refractivity contribution in [1.29, 1.82) is 0 Å². The molecule has 0 amide bonds. The second kappa shape index (κ2) is 5.85. The highest BCUT2D eigenvalue weighted by Crippen LogP contribution is 2.41. The molecule has 2 aromatic rings. The van der Waals surface area contributed by atoms with Crippen LogP contribution in [0.3, 0.4) is 0 Å². The van der Waals surface area contributed by atoms with Crippen LogP contribution in [0.2, 0.25) is 0 Å². The van der Waals surface area contributed by atoms with E-state index in [1.807, 2.05) is 12.1 Å². The Kier molecular flexibility index (Phi) is 3.92. The number of carbonyl (C=O) groups is 1. The quantitative estimate of drug-likeness (QED) is 0.825. The average molecular weight is 304 g/mol. The summed E-state index contributed by atoms with van der Waals surface area (Å²) in [5.41, 5.74) is 1.11. The highest BCUT2D eigenvalue weighted by Gasteiger charge is 2.32. The zero-order chi connectivity index (χ0) is 14.8. The van der Waals surface area contributed by atoms with Crippen molar-refractivity contribution in [3.05, 3.63) is 35.9 Å². The minimum absolute atomic E-state index is 0.00807. The third-order valence-corrected chi connectivity index (χ3v) is 4.46. The van der Waals surface area contributed by atoms with Crippen molar-refractivity contribution in [2.24, 2.45) is 0 Å². The lowest BCUT2D eigenvalue weighted by molar-refractivity contribution is -0.133. The molecule has 2 aromatic heterocycles. The van der Waals surface area contributed by atoms with Crippen molar-refractivity contribution in [2.75, 3.05) is 5.75 Å². The minimum Gasteiger partial charge on any atom is -0.481 e. The van der Waals surface area contributed by atoms with Gasteiger partial charge in [0.25, 0.3) is 0 Å². The minimum atomic E-state index is -0.848. The van der Waals surface area contributed by atoms with Gasteiger partial charge in [0, 0.05) is 18.3 Å². The van der Waals surface area contributed by atoms with Crippen molar-refractivity contribution in [2.45, 2.75) is 36.9 Å². The summed E-state index contributed by atoms with van der Waals surface area (Å²) in [7, 11) is 0. The van der Waals surface area contributed by atoms with Gasteiger partial charge in [-0.1, -0.05) is 11.8 Å². The molecule has 7 heteroatoms. The first kappa shape index (κ1) is 14.1. The van der Waals surface area contributed by atoms with Gasteiger partial charge in [-0.15, -0.1) is 10.2 Å². The van der Waals surface area contributed by atoms with Crippen LogP contribution < -0.4 is 0 Å². The van der Waals surface area contributed by atoms with Gasteiger partial charge < -0.3 is 5.11 Å². The molecule has 21 heavy (non-hydrogen) atoms. The zero-order valence-corrected chi connectivity index (χ0v) is 12.5. The summed E-state index contributed by atoms with van der Waals surface area (Å²) in [5.74, 6) is 0.568. The number of carboxylic acid groups (broad SMARTS) is 1. The Morgan fingerprint density at radius 2 is 2.14 bits per heavy atom. The summed E-state index contributed by atoms with van der Waals surface area (Å²) in [5, 5.41) is 18.0. The number of pyridine rings is 1. The van der Waals surface area contributed by atoms with E-state index in [4.69, 9.17) is 5.11 Å². The van der Waals surface area contributed by atoms with E-state index in [1.165, 1.54) is 11.8 Å². The van der Waals surface area contributed by atoms with Crippen LogP contribution in [-0.4, -0.2) is 36.6 Å². The van der Waals surface area contributed by atoms with Gasteiger partial charge in [0.15, 0.2) is 5.16 Å². The molecule has 1 fully saturated rings. The molecule has 0 bridgehead atoms. The molecule has 6 nitrogen and oxygen atoms in total. The Morgan fingerprint density at radius 1 is 1.43 bits per heavy atom. The van der Waals surface area contributed by atoms with Crippen LogP contribution in [0, 0.1) is 0 Å². The molecule has 0 aliphatic heterocycles. The van der Waals surface area contributed by atoms with E-state index in [0.717, 1.165) is 24.2 Å². The third kappa shape index (κ3) is 3.07. The Hall–Kier alpha value is -1.89. The fourth-order valence-corrected chi connectivity index (χ4v) is 3.03. The third-order valence-electron chi connectivity index (χ3n) is 3.53. The Bertz CT molecular complexity index is 640. The largest absolute Gasteiger partial charge is 0.481 e. The molecule has 0 aromatic carbocycles. The first-order valence-corrected chi connectivity index (χ1v) is 7.84. The smallest absolute Gasteiger partial charge is 0.313 e. The second-order valence-corrected chi connectivity index (χ2v) is 6.07. The van der Waals surface area contributed by atoms with Crippen LogP contribution in [0.15, 0.2) is 29.7 Å². The SMILES string of the molecule is CC(c1ccncc1)n1c(SCC(=O)O)nnc1C1CC1. The lowest BCUT2D eigenvalue weighted by atomic mass is 10.1. The molecule has 0 spiro atoms. The Labute approximate surface area is 126 Å². The predicted octanol–water partition coefficient (Wildman–Crippen LogP) is 2.34. The van der Waals surface area contributed by atoms with Gasteiger partial charge in [0.1, 0.15) is 5.82 Å². The van der Waals surface area contributed by atoms with Gasteiger partial charge in [-0.05, 0) is 37.5 Å². The molecule has 1 unspecified atom stereocenters. The van der Waals surface area contributed by atoms with Crippen molar-refractivity contribution in [1.82, 2.24) is 19.7 Å². The molecule has 1 saturated carbocycles. The number of aliphatic carboxylic acids is 1. The molecule has 3 rings (SSSR count). The van der Waals surface area contributed by atoms with Gasteiger partial charge in [-0.2, -0.15) is 0 Å². The standard InChI is InChI=1S/C14H16N4O2S/c1-9(10-4-6-15-7-5-10)18-13(11-2-3-11)16-17-14(18)21-8-12(19)20/h4-7,9,11H,2-3,8H2,1H3,(H,19,20). The fourth-order valence-electron chi connectivity index (χ4n) is 2.29. The molecular weight excluding hydrogens is 288 g/mol. The van der Waals surface area contributed by atoms with Crippen molar-refractivity contribution in [3.8, 4) is 0 Å². The molecule has 1 N–H and O–H groups in total. The number of hydrogen-bond donors (Lipinski definition) is 1. The summed E-state index contributed by atoms with van der Waals surface area (Å²) in [6, 6.07) is 4.00. The van der Waals surface area contributed by atoms with E-state index >= 15 is 0 Å². The van der Waals surface area contributed by atoms with Crippen LogP contribution >= 0.6 is 11.8 Å². The summed E-state index contributed by atoms with van der Waals surface area (Å²) in [6.45, 7) is 2.08. The highest BCUT2D eigenvalue weighted by molar-refractivity contribution is 7.99. The van der Waals surface area contributed by atoms with Gasteiger partial charge in [-0.3, -0.25) is 14.3 Å². The summed E-state index contributed by atoms with van der Waals surface area (Å²) in [6.07, 6.45) is 5.78. The second-order valence-electron chi connectivity index (χ2n) is 5.12. The first-order valence-electron chi connectivity index (χ1n) is 6.86. The number of nitrogens with zero attached hydrogens (tertiary/aromatic N) is 4. The summed E-state index contributed by atoms with van der Waals surface area (Å²) in [4.78, 5) is 14.8. The van der Waals surface area contributed by atoms with E-state index < -0.39 is 5.97 Å². The first-order chi connectivity index (χ1) is 10.2. The normalized spacial score (nSPS) is 15.9. The fraction of sp³-hybridized carbons (Fsp3) is 0.429. The molecule has 0 saturated heterocycles. The van der Waals surface area contributed by atoms with Crippen LogP contribution in [0.25, 0.3) is 0 Å². The Balaban J connectivity index is 1.94. The zero-order valence-electron chi connectivity index (χ0n) is 11.6. The molecule has 1 atom stereocenters. The molecule has 2 heterocycles. The van der Waals surface area contributed by atoms with Crippen LogP contribution in [0.1, 0.15) is 43.1 Å². The predicted molar refractivity (Wildman–Crippen MR) is 78.4 cm³/mol. The topological polar surface area (TPSA) is 80.9 Å². The van der Waals surface area contributed by atoms with Crippen molar-refractivity contribution < 1.29 is 9.90 Å². The lowest BCUT2D eigenvalue weighted by Gasteiger charge is -2.18. The maximum Gasteiger partial charge on any atom is 0.313 e. The number of aromatic nitrogens is 4. The molecule has 1 aliphatic rings.